The fraction of sp³-hybridized carbons (Fsp3) is 0.0625. The Morgan fingerprint density at radius 3 is 2.33 bits per heavy atom. The maximum Gasteiger partial charge on any atom is 0.123 e. The molecule has 2 aromatic carbocycles. The minimum Gasteiger partial charge on any atom is -0.489 e. The van der Waals surface area contributed by atoms with Gasteiger partial charge in [0.05, 0.1) is 0 Å². The molecule has 0 saturated heterocycles. The van der Waals surface area contributed by atoms with Crippen LogP contribution in [0, 0.1) is 0 Å². The minimum atomic E-state index is 0.342. The van der Waals surface area contributed by atoms with Gasteiger partial charge in [-0.2, -0.15) is 0 Å². The van der Waals surface area contributed by atoms with E-state index in [1.807, 2.05) is 35.7 Å². The monoisotopic (exact) mass is 335 g/mol. The van der Waals surface area contributed by atoms with Crippen molar-refractivity contribution in [1.29, 1.82) is 0 Å². The quantitative estimate of drug-likeness (QED) is 0.610. The lowest BCUT2D eigenvalue weighted by Gasteiger charge is -2.09. The van der Waals surface area contributed by atoms with Crippen LogP contribution in [0.5, 0.6) is 5.75 Å². The highest BCUT2D eigenvalue weighted by Crippen LogP contribution is 2.27. The molecule has 0 aliphatic carbocycles. The number of halogens is 2. The molecular weight excluding hydrogens is 325 g/mol. The van der Waals surface area contributed by atoms with E-state index >= 15 is 0 Å². The van der Waals surface area contributed by atoms with E-state index in [1.54, 1.807) is 29.7 Å². The Labute approximate surface area is 136 Å². The molecule has 0 saturated carbocycles. The molecule has 0 radical (unpaired) electrons. The first kappa shape index (κ1) is 14.4. The Morgan fingerprint density at radius 1 is 1.00 bits per heavy atom. The van der Waals surface area contributed by atoms with Crippen LogP contribution in [0.1, 0.15) is 5.56 Å². The van der Waals surface area contributed by atoms with Crippen LogP contribution in [0.4, 0.5) is 0 Å². The number of hydrogen-bond acceptors (Lipinski definition) is 3. The highest BCUT2D eigenvalue weighted by atomic mass is 35.5. The predicted molar refractivity (Wildman–Crippen MR) is 88.3 cm³/mol. The summed E-state index contributed by atoms with van der Waals surface area (Å²) < 4.78 is 5.74. The first-order valence-electron chi connectivity index (χ1n) is 6.29. The Bertz CT molecular complexity index is 706. The summed E-state index contributed by atoms with van der Waals surface area (Å²) in [5.74, 6) is 0.770. The van der Waals surface area contributed by atoms with E-state index in [9.17, 15) is 0 Å². The average molecular weight is 336 g/mol. The molecule has 2 nitrogen and oxygen atoms in total. The van der Waals surface area contributed by atoms with Gasteiger partial charge in [-0.25, -0.2) is 4.98 Å². The number of benzene rings is 2. The molecule has 0 atom stereocenters. The van der Waals surface area contributed by atoms with Crippen molar-refractivity contribution in [3.63, 3.8) is 0 Å². The molecule has 0 unspecified atom stereocenters. The maximum absolute atomic E-state index is 6.12. The lowest BCUT2D eigenvalue weighted by atomic mass is 10.2. The van der Waals surface area contributed by atoms with Gasteiger partial charge in [0.15, 0.2) is 0 Å². The van der Waals surface area contributed by atoms with Gasteiger partial charge in [-0.05, 0) is 36.4 Å². The molecule has 0 bridgehead atoms. The summed E-state index contributed by atoms with van der Waals surface area (Å²) in [6.45, 7) is 0.342. The normalized spacial score (nSPS) is 10.6. The van der Waals surface area contributed by atoms with Crippen LogP contribution >= 0.6 is 34.5 Å². The number of aromatic nitrogens is 1. The molecule has 0 amide bonds. The third-order valence-electron chi connectivity index (χ3n) is 2.98. The van der Waals surface area contributed by atoms with Gasteiger partial charge in [0.2, 0.25) is 0 Å². The smallest absolute Gasteiger partial charge is 0.123 e. The molecular formula is C16H11Cl2NOS. The maximum atomic E-state index is 6.12. The molecule has 0 N–H and O–H groups in total. The summed E-state index contributed by atoms with van der Waals surface area (Å²) >= 11 is 13.8. The van der Waals surface area contributed by atoms with E-state index in [-0.39, 0.29) is 0 Å². The fourth-order valence-corrected chi connectivity index (χ4v) is 3.04. The topological polar surface area (TPSA) is 22.1 Å². The van der Waals surface area contributed by atoms with Crippen molar-refractivity contribution in [3.05, 3.63) is 69.7 Å². The molecule has 0 aliphatic heterocycles. The molecule has 3 rings (SSSR count). The van der Waals surface area contributed by atoms with Crippen molar-refractivity contribution in [1.82, 2.24) is 4.98 Å². The molecule has 1 heterocycles. The summed E-state index contributed by atoms with van der Waals surface area (Å²) in [6, 6.07) is 13.2. The number of hydrogen-bond donors (Lipinski definition) is 0. The van der Waals surface area contributed by atoms with Crippen molar-refractivity contribution in [2.24, 2.45) is 0 Å². The second-order valence-corrected chi connectivity index (χ2v) is 6.06. The second-order valence-electron chi connectivity index (χ2n) is 4.35. The summed E-state index contributed by atoms with van der Waals surface area (Å²) in [7, 11) is 0. The molecule has 0 spiro atoms. The molecule has 0 aliphatic rings. The first-order valence-corrected chi connectivity index (χ1v) is 7.93. The Kier molecular flexibility index (Phi) is 4.44. The van der Waals surface area contributed by atoms with Crippen molar-refractivity contribution in [2.75, 3.05) is 0 Å². The zero-order valence-electron chi connectivity index (χ0n) is 10.9. The molecule has 5 heteroatoms. The van der Waals surface area contributed by atoms with Crippen molar-refractivity contribution in [2.45, 2.75) is 6.61 Å². The van der Waals surface area contributed by atoms with Crippen LogP contribution in [0.15, 0.2) is 54.0 Å². The van der Waals surface area contributed by atoms with Gasteiger partial charge in [0, 0.05) is 32.7 Å². The largest absolute Gasteiger partial charge is 0.489 e. The van der Waals surface area contributed by atoms with Crippen molar-refractivity contribution in [3.8, 4) is 16.3 Å². The second kappa shape index (κ2) is 6.48. The Balaban J connectivity index is 1.71. The van der Waals surface area contributed by atoms with E-state index in [2.05, 4.69) is 4.98 Å². The van der Waals surface area contributed by atoms with Gasteiger partial charge < -0.3 is 4.74 Å². The van der Waals surface area contributed by atoms with Crippen LogP contribution < -0.4 is 4.74 Å². The third-order valence-corrected chi connectivity index (χ3v) is 4.51. The highest BCUT2D eigenvalue weighted by Gasteiger charge is 2.06. The van der Waals surface area contributed by atoms with E-state index in [0.29, 0.717) is 16.7 Å². The van der Waals surface area contributed by atoms with Gasteiger partial charge in [-0.1, -0.05) is 29.3 Å². The Morgan fingerprint density at radius 2 is 1.71 bits per heavy atom. The molecule has 0 fully saturated rings. The zero-order valence-corrected chi connectivity index (χ0v) is 13.3. The van der Waals surface area contributed by atoms with E-state index in [4.69, 9.17) is 27.9 Å². The highest BCUT2D eigenvalue weighted by molar-refractivity contribution is 7.13. The summed E-state index contributed by atoms with van der Waals surface area (Å²) in [6.07, 6.45) is 1.80. The lowest BCUT2D eigenvalue weighted by molar-refractivity contribution is 0.306. The Hall–Kier alpha value is -1.55. The van der Waals surface area contributed by atoms with Crippen molar-refractivity contribution < 1.29 is 4.74 Å². The summed E-state index contributed by atoms with van der Waals surface area (Å²) in [4.78, 5) is 4.28. The molecule has 3 aromatic rings. The minimum absolute atomic E-state index is 0.342. The predicted octanol–water partition coefficient (Wildman–Crippen LogP) is 5.70. The molecule has 106 valence electrons. The van der Waals surface area contributed by atoms with Gasteiger partial charge >= 0.3 is 0 Å². The van der Waals surface area contributed by atoms with Gasteiger partial charge in [-0.15, -0.1) is 11.3 Å². The molecule has 1 aromatic heterocycles. The summed E-state index contributed by atoms with van der Waals surface area (Å²) in [5, 5.41) is 4.18. The van der Waals surface area contributed by atoms with Crippen LogP contribution in [0.3, 0.4) is 0 Å². The first-order chi connectivity index (χ1) is 10.2. The third kappa shape index (κ3) is 3.38. The zero-order chi connectivity index (χ0) is 14.7. The van der Waals surface area contributed by atoms with Crippen molar-refractivity contribution >= 4 is 34.5 Å². The van der Waals surface area contributed by atoms with E-state index < -0.39 is 0 Å². The van der Waals surface area contributed by atoms with Gasteiger partial charge in [0.1, 0.15) is 17.4 Å². The lowest BCUT2D eigenvalue weighted by Crippen LogP contribution is -1.97. The van der Waals surface area contributed by atoms with E-state index in [0.717, 1.165) is 21.9 Å². The van der Waals surface area contributed by atoms with Crippen LogP contribution in [0.25, 0.3) is 10.6 Å². The average Bonchev–Trinajstić information content (AvgIpc) is 3.02. The van der Waals surface area contributed by atoms with E-state index in [1.165, 1.54) is 0 Å². The number of nitrogens with zero attached hydrogens (tertiary/aromatic N) is 1. The van der Waals surface area contributed by atoms with Crippen LogP contribution in [0.2, 0.25) is 10.0 Å². The van der Waals surface area contributed by atoms with Gasteiger partial charge in [-0.3, -0.25) is 0 Å². The standard InChI is InChI=1S/C16H11Cl2NOS/c17-14-2-1-3-15(18)13(14)10-20-12-6-4-11(5-7-12)16-19-8-9-21-16/h1-9H,10H2. The fourth-order valence-electron chi connectivity index (χ4n) is 1.89. The SMILES string of the molecule is Clc1cccc(Cl)c1COc1ccc(-c2nccs2)cc1. The number of thiazole rings is 1. The summed E-state index contributed by atoms with van der Waals surface area (Å²) in [5.41, 5.74) is 1.87. The molecule has 21 heavy (non-hydrogen) atoms. The van der Waals surface area contributed by atoms with Gasteiger partial charge in [0.25, 0.3) is 0 Å². The van der Waals surface area contributed by atoms with Crippen LogP contribution in [-0.4, -0.2) is 4.98 Å². The van der Waals surface area contributed by atoms with Crippen LogP contribution in [-0.2, 0) is 6.61 Å². The number of rotatable bonds is 4. The number of ether oxygens (including phenoxy) is 1.